The van der Waals surface area contributed by atoms with Gasteiger partial charge >= 0.3 is 17.7 Å². The molecule has 0 unspecified atom stereocenters. The summed E-state index contributed by atoms with van der Waals surface area (Å²) in [5.74, 6) is -1.07. The predicted octanol–water partition coefficient (Wildman–Crippen LogP) is 0.0296. The lowest BCUT2D eigenvalue weighted by Crippen LogP contribution is -2.27. The van der Waals surface area contributed by atoms with Gasteiger partial charge in [-0.1, -0.05) is 12.1 Å². The summed E-state index contributed by atoms with van der Waals surface area (Å²) in [6.45, 7) is 2.92. The number of carbonyl (C=O) groups excluding carboxylic acids is 1. The summed E-state index contributed by atoms with van der Waals surface area (Å²) in [5.41, 5.74) is 7.43. The Hall–Kier alpha value is -4.05. The quantitative estimate of drug-likeness (QED) is 0.143. The first kappa shape index (κ1) is 30.5. The molecule has 15 heteroatoms. The third kappa shape index (κ3) is 9.60. The van der Waals surface area contributed by atoms with Crippen LogP contribution in [0.2, 0.25) is 0 Å². The minimum absolute atomic E-state index is 0.0374. The fourth-order valence-electron chi connectivity index (χ4n) is 3.44. The number of rotatable bonds is 19. The van der Waals surface area contributed by atoms with Gasteiger partial charge in [0, 0.05) is 19.2 Å². The molecule has 0 bridgehead atoms. The molecule has 1 amide bonds. The van der Waals surface area contributed by atoms with Crippen LogP contribution in [-0.2, 0) is 30.3 Å². The number of nitrogens with one attached hydrogen (secondary N) is 2. The van der Waals surface area contributed by atoms with Crippen molar-refractivity contribution in [2.24, 2.45) is 0 Å². The maximum absolute atomic E-state index is 12.6. The van der Waals surface area contributed by atoms with E-state index in [0.29, 0.717) is 62.9 Å². The van der Waals surface area contributed by atoms with Crippen molar-refractivity contribution >= 4 is 28.9 Å². The maximum atomic E-state index is 12.6. The molecule has 0 fully saturated rings. The van der Waals surface area contributed by atoms with Crippen molar-refractivity contribution in [1.29, 1.82) is 0 Å². The Morgan fingerprint density at radius 1 is 0.975 bits per heavy atom. The van der Waals surface area contributed by atoms with Crippen LogP contribution >= 0.6 is 0 Å². The number of anilines is 1. The van der Waals surface area contributed by atoms with Crippen molar-refractivity contribution < 1.29 is 38.4 Å². The molecule has 3 aromatic rings. The smallest absolute Gasteiger partial charge is 0.328 e. The number of nitrogens with zero attached hydrogens (tertiary/aromatic N) is 3. The van der Waals surface area contributed by atoms with E-state index in [1.54, 1.807) is 31.4 Å². The monoisotopic (exact) mass is 562 g/mol. The number of fused-ring (bicyclic) bond motifs is 1. The second kappa shape index (κ2) is 16.1. The van der Waals surface area contributed by atoms with Crippen LogP contribution in [-0.4, -0.2) is 103 Å². The lowest BCUT2D eigenvalue weighted by molar-refractivity contribution is -0.138. The first-order valence-electron chi connectivity index (χ1n) is 12.6. The summed E-state index contributed by atoms with van der Waals surface area (Å²) < 4.78 is 27.7. The van der Waals surface area contributed by atoms with Gasteiger partial charge in [0.05, 0.1) is 59.2 Å². The number of ether oxygens (including phenoxy) is 5. The highest BCUT2D eigenvalue weighted by atomic mass is 16.5. The summed E-state index contributed by atoms with van der Waals surface area (Å²) in [5, 5.41) is 11.3. The zero-order chi connectivity index (χ0) is 28.7. The van der Waals surface area contributed by atoms with Crippen molar-refractivity contribution in [3.8, 4) is 6.01 Å². The summed E-state index contributed by atoms with van der Waals surface area (Å²) in [7, 11) is 1.55. The molecule has 2 aromatic heterocycles. The number of imidazole rings is 1. The van der Waals surface area contributed by atoms with Crippen LogP contribution in [0, 0.1) is 0 Å². The van der Waals surface area contributed by atoms with Crippen LogP contribution in [0.25, 0.3) is 11.2 Å². The number of carboxylic acid groups (broad SMARTS) is 1. The Morgan fingerprint density at radius 3 is 2.33 bits per heavy atom. The number of hydrogen-bond acceptors (Lipinski definition) is 11. The Labute approximate surface area is 229 Å². The van der Waals surface area contributed by atoms with E-state index >= 15 is 0 Å². The molecule has 0 atom stereocenters. The highest BCUT2D eigenvalue weighted by molar-refractivity contribution is 5.94. The molecule has 218 valence electrons. The topological polar surface area (TPSA) is 202 Å². The number of carboxylic acids is 1. The highest BCUT2D eigenvalue weighted by Gasteiger charge is 2.15. The molecule has 15 nitrogen and oxygen atoms in total. The first-order valence-corrected chi connectivity index (χ1v) is 12.6. The standard InChI is InChI=1S/C25H34N6O9/c1-36-10-15-40-24-29-21(26)20-22(30-24)31(25(35)28-20)16-17-2-4-18(5-3-17)23(34)27-7-9-38-12-14-39-13-11-37-8-6-19(32)33/h2-5H,6-16H2,1H3,(H,27,34)(H,28,35)(H,32,33)(H2,26,29,30). The lowest BCUT2D eigenvalue weighted by Gasteiger charge is -2.09. The molecule has 0 aliphatic rings. The van der Waals surface area contributed by atoms with Crippen molar-refractivity contribution in [2.75, 3.05) is 72.2 Å². The van der Waals surface area contributed by atoms with E-state index in [2.05, 4.69) is 20.3 Å². The highest BCUT2D eigenvalue weighted by Crippen LogP contribution is 2.18. The molecule has 0 saturated carbocycles. The van der Waals surface area contributed by atoms with Gasteiger partial charge in [-0.2, -0.15) is 9.97 Å². The zero-order valence-corrected chi connectivity index (χ0v) is 22.2. The van der Waals surface area contributed by atoms with E-state index in [4.69, 9.17) is 34.5 Å². The number of methoxy groups -OCH3 is 1. The SMILES string of the molecule is COCCOc1nc(N)c2[nH]c(=O)n(Cc3ccc(C(=O)NCCOCCOCCOCCC(=O)O)cc3)c2n1. The number of benzene rings is 1. The third-order valence-electron chi connectivity index (χ3n) is 5.44. The van der Waals surface area contributed by atoms with Gasteiger partial charge in [-0.3, -0.25) is 14.2 Å². The van der Waals surface area contributed by atoms with Gasteiger partial charge < -0.3 is 44.8 Å². The van der Waals surface area contributed by atoms with Crippen LogP contribution < -0.4 is 21.5 Å². The molecule has 0 saturated heterocycles. The molecular formula is C25H34N6O9. The number of carbonyl (C=O) groups is 2. The fraction of sp³-hybridized carbons (Fsp3) is 0.480. The van der Waals surface area contributed by atoms with Crippen LogP contribution in [0.5, 0.6) is 6.01 Å². The summed E-state index contributed by atoms with van der Waals surface area (Å²) in [4.78, 5) is 46.4. The van der Waals surface area contributed by atoms with E-state index in [0.717, 1.165) is 5.56 Å². The number of aliphatic carboxylic acids is 1. The van der Waals surface area contributed by atoms with E-state index in [9.17, 15) is 14.4 Å². The normalized spacial score (nSPS) is 11.1. The molecule has 2 heterocycles. The minimum atomic E-state index is -0.903. The Kier molecular flexibility index (Phi) is 12.3. The minimum Gasteiger partial charge on any atom is -0.481 e. The van der Waals surface area contributed by atoms with Gasteiger partial charge in [-0.15, -0.1) is 0 Å². The largest absolute Gasteiger partial charge is 0.481 e. The number of hydrogen-bond donors (Lipinski definition) is 4. The maximum Gasteiger partial charge on any atom is 0.328 e. The first-order chi connectivity index (χ1) is 19.4. The average Bonchev–Trinajstić information content (AvgIpc) is 3.25. The molecule has 0 radical (unpaired) electrons. The third-order valence-corrected chi connectivity index (χ3v) is 5.44. The van der Waals surface area contributed by atoms with Gasteiger partial charge in [0.25, 0.3) is 5.91 Å². The van der Waals surface area contributed by atoms with Crippen molar-refractivity contribution in [2.45, 2.75) is 13.0 Å². The predicted molar refractivity (Wildman–Crippen MR) is 143 cm³/mol. The second-order valence-electron chi connectivity index (χ2n) is 8.38. The van der Waals surface area contributed by atoms with Gasteiger partial charge in [-0.25, -0.2) is 4.79 Å². The number of amides is 1. The Morgan fingerprint density at radius 2 is 1.65 bits per heavy atom. The van der Waals surface area contributed by atoms with Gasteiger partial charge in [0.15, 0.2) is 11.5 Å². The Bertz CT molecular complexity index is 1290. The molecule has 3 rings (SSSR count). The van der Waals surface area contributed by atoms with Crippen LogP contribution in [0.3, 0.4) is 0 Å². The molecule has 0 spiro atoms. The summed E-state index contributed by atoms with van der Waals surface area (Å²) >= 11 is 0. The molecule has 1 aromatic carbocycles. The van der Waals surface area contributed by atoms with Gasteiger partial charge in [0.2, 0.25) is 0 Å². The van der Waals surface area contributed by atoms with Crippen LogP contribution in [0.1, 0.15) is 22.3 Å². The fourth-order valence-corrected chi connectivity index (χ4v) is 3.44. The second-order valence-corrected chi connectivity index (χ2v) is 8.38. The summed E-state index contributed by atoms with van der Waals surface area (Å²) in [6.07, 6.45) is -0.0374. The van der Waals surface area contributed by atoms with Crippen molar-refractivity contribution in [3.63, 3.8) is 0 Å². The average molecular weight is 563 g/mol. The number of H-pyrrole nitrogens is 1. The van der Waals surface area contributed by atoms with E-state index in [-0.39, 0.29) is 43.9 Å². The molecular weight excluding hydrogens is 528 g/mol. The van der Waals surface area contributed by atoms with Crippen LogP contribution in [0.15, 0.2) is 29.1 Å². The van der Waals surface area contributed by atoms with E-state index < -0.39 is 11.7 Å². The number of aromatic amines is 1. The van der Waals surface area contributed by atoms with Gasteiger partial charge in [-0.05, 0) is 17.7 Å². The van der Waals surface area contributed by atoms with E-state index in [1.165, 1.54) is 4.57 Å². The van der Waals surface area contributed by atoms with Crippen molar-refractivity contribution in [1.82, 2.24) is 24.8 Å². The molecule has 5 N–H and O–H groups in total. The Balaban J connectivity index is 1.41. The summed E-state index contributed by atoms with van der Waals surface area (Å²) in [6, 6.07) is 6.87. The van der Waals surface area contributed by atoms with Gasteiger partial charge in [0.1, 0.15) is 12.1 Å². The molecule has 0 aliphatic carbocycles. The molecule has 0 aliphatic heterocycles. The lowest BCUT2D eigenvalue weighted by atomic mass is 10.1. The molecule has 40 heavy (non-hydrogen) atoms. The van der Waals surface area contributed by atoms with Crippen molar-refractivity contribution in [3.05, 3.63) is 45.9 Å². The zero-order valence-electron chi connectivity index (χ0n) is 22.2. The number of aromatic nitrogens is 4. The number of nitrogen functional groups attached to an aromatic ring is 1. The van der Waals surface area contributed by atoms with Crippen LogP contribution in [0.4, 0.5) is 5.82 Å². The number of nitrogens with two attached hydrogens (primary N) is 1. The van der Waals surface area contributed by atoms with E-state index in [1.807, 2.05) is 0 Å².